The van der Waals surface area contributed by atoms with Crippen LogP contribution in [0.2, 0.25) is 0 Å². The fourth-order valence-corrected chi connectivity index (χ4v) is 3.20. The molecule has 1 aromatic heterocycles. The smallest absolute Gasteiger partial charge is 0.272 e. The molecule has 1 amide bonds. The summed E-state index contributed by atoms with van der Waals surface area (Å²) in [4.78, 5) is 25.3. The summed E-state index contributed by atoms with van der Waals surface area (Å²) >= 11 is 0. The summed E-state index contributed by atoms with van der Waals surface area (Å²) in [5.41, 5.74) is 2.02. The molecule has 0 aliphatic carbocycles. The number of aromatic nitrogens is 2. The SMILES string of the molecule is O=C(c1ccnc(Nc2cccc(F)c2)n1)N1CCN(c2ccccc2)CC1. The molecular weight excluding hydrogens is 357 g/mol. The van der Waals surface area contributed by atoms with E-state index in [1.165, 1.54) is 24.0 Å². The fraction of sp³-hybridized carbons (Fsp3) is 0.190. The average Bonchev–Trinajstić information content (AvgIpc) is 2.74. The number of amides is 1. The molecule has 0 atom stereocenters. The highest BCUT2D eigenvalue weighted by Gasteiger charge is 2.23. The molecule has 1 fully saturated rings. The number of halogens is 1. The minimum absolute atomic E-state index is 0.127. The van der Waals surface area contributed by atoms with Crippen molar-refractivity contribution in [3.05, 3.63) is 78.4 Å². The number of para-hydroxylation sites is 1. The van der Waals surface area contributed by atoms with Gasteiger partial charge in [-0.1, -0.05) is 24.3 Å². The molecule has 2 aromatic carbocycles. The van der Waals surface area contributed by atoms with E-state index in [-0.39, 0.29) is 17.7 Å². The molecule has 7 heteroatoms. The molecule has 0 bridgehead atoms. The highest BCUT2D eigenvalue weighted by Crippen LogP contribution is 2.18. The Morgan fingerprint density at radius 1 is 0.964 bits per heavy atom. The van der Waals surface area contributed by atoms with E-state index in [0.29, 0.717) is 24.5 Å². The van der Waals surface area contributed by atoms with Gasteiger partial charge in [-0.2, -0.15) is 0 Å². The maximum atomic E-state index is 13.3. The van der Waals surface area contributed by atoms with Gasteiger partial charge in [0, 0.05) is 43.8 Å². The Bertz CT molecular complexity index is 958. The Hall–Kier alpha value is -3.48. The number of hydrogen-bond donors (Lipinski definition) is 1. The van der Waals surface area contributed by atoms with Crippen molar-refractivity contribution in [1.82, 2.24) is 14.9 Å². The molecule has 0 spiro atoms. The number of piperazine rings is 1. The van der Waals surface area contributed by atoms with Crippen LogP contribution in [0.3, 0.4) is 0 Å². The zero-order chi connectivity index (χ0) is 19.3. The Kier molecular flexibility index (Phi) is 5.14. The van der Waals surface area contributed by atoms with Gasteiger partial charge in [0.15, 0.2) is 0 Å². The summed E-state index contributed by atoms with van der Waals surface area (Å²) in [6, 6.07) is 17.8. The Morgan fingerprint density at radius 3 is 2.50 bits per heavy atom. The van der Waals surface area contributed by atoms with Crippen molar-refractivity contribution >= 4 is 23.2 Å². The van der Waals surface area contributed by atoms with Gasteiger partial charge < -0.3 is 15.1 Å². The van der Waals surface area contributed by atoms with Crippen LogP contribution in [0, 0.1) is 5.82 Å². The first-order chi connectivity index (χ1) is 13.7. The molecule has 1 aliphatic rings. The first-order valence-corrected chi connectivity index (χ1v) is 9.14. The molecule has 142 valence electrons. The molecule has 0 saturated carbocycles. The predicted octanol–water partition coefficient (Wildman–Crippen LogP) is 3.32. The number of anilines is 3. The summed E-state index contributed by atoms with van der Waals surface area (Å²) in [5, 5.41) is 2.93. The minimum Gasteiger partial charge on any atom is -0.368 e. The van der Waals surface area contributed by atoms with Crippen LogP contribution >= 0.6 is 0 Å². The van der Waals surface area contributed by atoms with Gasteiger partial charge in [0.2, 0.25) is 5.95 Å². The standard InChI is InChI=1S/C21H20FN5O/c22-16-5-4-6-17(15-16)24-21-23-10-9-19(25-21)20(28)27-13-11-26(12-14-27)18-7-2-1-3-8-18/h1-10,15H,11-14H2,(H,23,24,25). The maximum Gasteiger partial charge on any atom is 0.272 e. The van der Waals surface area contributed by atoms with E-state index in [0.717, 1.165) is 13.1 Å². The normalized spacial score (nSPS) is 14.0. The molecule has 2 heterocycles. The van der Waals surface area contributed by atoms with E-state index in [2.05, 4.69) is 32.3 Å². The van der Waals surface area contributed by atoms with Crippen LogP contribution in [0.5, 0.6) is 0 Å². The lowest BCUT2D eigenvalue weighted by Crippen LogP contribution is -2.49. The largest absolute Gasteiger partial charge is 0.368 e. The Labute approximate surface area is 162 Å². The topological polar surface area (TPSA) is 61.4 Å². The quantitative estimate of drug-likeness (QED) is 0.756. The summed E-state index contributed by atoms with van der Waals surface area (Å²) in [7, 11) is 0. The van der Waals surface area contributed by atoms with E-state index in [9.17, 15) is 9.18 Å². The number of nitrogens with one attached hydrogen (secondary N) is 1. The molecule has 1 aliphatic heterocycles. The third kappa shape index (κ3) is 4.09. The van der Waals surface area contributed by atoms with Crippen LogP contribution in [-0.2, 0) is 0 Å². The highest BCUT2D eigenvalue weighted by atomic mass is 19.1. The van der Waals surface area contributed by atoms with Crippen LogP contribution in [0.4, 0.5) is 21.7 Å². The number of nitrogens with zero attached hydrogens (tertiary/aromatic N) is 4. The first kappa shape index (κ1) is 17.9. The van der Waals surface area contributed by atoms with Crippen molar-refractivity contribution < 1.29 is 9.18 Å². The number of carbonyl (C=O) groups is 1. The van der Waals surface area contributed by atoms with Crippen LogP contribution in [0.15, 0.2) is 66.9 Å². The van der Waals surface area contributed by atoms with E-state index in [4.69, 9.17) is 0 Å². The summed E-state index contributed by atoms with van der Waals surface area (Å²) < 4.78 is 13.3. The third-order valence-corrected chi connectivity index (χ3v) is 4.64. The zero-order valence-electron chi connectivity index (χ0n) is 15.3. The van der Waals surface area contributed by atoms with Crippen molar-refractivity contribution in [2.75, 3.05) is 36.4 Å². The molecule has 28 heavy (non-hydrogen) atoms. The average molecular weight is 377 g/mol. The van der Waals surface area contributed by atoms with Crippen LogP contribution in [0.1, 0.15) is 10.5 Å². The van der Waals surface area contributed by atoms with Crippen molar-refractivity contribution in [1.29, 1.82) is 0 Å². The Balaban J connectivity index is 1.41. The van der Waals surface area contributed by atoms with Crippen LogP contribution in [-0.4, -0.2) is 47.0 Å². The van der Waals surface area contributed by atoms with Gasteiger partial charge in [-0.25, -0.2) is 14.4 Å². The summed E-state index contributed by atoms with van der Waals surface area (Å²) in [6.45, 7) is 2.80. The van der Waals surface area contributed by atoms with Gasteiger partial charge in [0.1, 0.15) is 11.5 Å². The van der Waals surface area contributed by atoms with Crippen molar-refractivity contribution in [3.8, 4) is 0 Å². The summed E-state index contributed by atoms with van der Waals surface area (Å²) in [6.07, 6.45) is 1.53. The first-order valence-electron chi connectivity index (χ1n) is 9.14. The predicted molar refractivity (Wildman–Crippen MR) is 106 cm³/mol. The molecule has 0 unspecified atom stereocenters. The Morgan fingerprint density at radius 2 is 1.75 bits per heavy atom. The van der Waals surface area contributed by atoms with Crippen LogP contribution < -0.4 is 10.2 Å². The molecule has 3 aromatic rings. The van der Waals surface area contributed by atoms with Gasteiger partial charge in [0.25, 0.3) is 5.91 Å². The summed E-state index contributed by atoms with van der Waals surface area (Å²) in [5.74, 6) is -0.217. The number of carbonyl (C=O) groups excluding carboxylic acids is 1. The molecule has 1 saturated heterocycles. The molecule has 0 radical (unpaired) electrons. The van der Waals surface area contributed by atoms with Gasteiger partial charge in [-0.15, -0.1) is 0 Å². The minimum atomic E-state index is -0.353. The molecule has 6 nitrogen and oxygen atoms in total. The van der Waals surface area contributed by atoms with Crippen molar-refractivity contribution in [2.45, 2.75) is 0 Å². The zero-order valence-corrected chi connectivity index (χ0v) is 15.3. The lowest BCUT2D eigenvalue weighted by Gasteiger charge is -2.36. The van der Waals surface area contributed by atoms with Gasteiger partial charge in [0.05, 0.1) is 0 Å². The second kappa shape index (κ2) is 8.04. The van der Waals surface area contributed by atoms with Gasteiger partial charge >= 0.3 is 0 Å². The van der Waals surface area contributed by atoms with E-state index < -0.39 is 0 Å². The van der Waals surface area contributed by atoms with E-state index >= 15 is 0 Å². The maximum absolute atomic E-state index is 13.3. The number of rotatable bonds is 4. The monoisotopic (exact) mass is 377 g/mol. The molecular formula is C21H20FN5O. The number of hydrogen-bond acceptors (Lipinski definition) is 5. The molecule has 4 rings (SSSR count). The lowest BCUT2D eigenvalue weighted by molar-refractivity contribution is 0.0741. The highest BCUT2D eigenvalue weighted by molar-refractivity contribution is 5.92. The van der Waals surface area contributed by atoms with E-state index in [1.54, 1.807) is 23.1 Å². The fourth-order valence-electron chi connectivity index (χ4n) is 3.20. The van der Waals surface area contributed by atoms with Gasteiger partial charge in [-0.3, -0.25) is 4.79 Å². The lowest BCUT2D eigenvalue weighted by atomic mass is 10.2. The van der Waals surface area contributed by atoms with Gasteiger partial charge in [-0.05, 0) is 36.4 Å². The van der Waals surface area contributed by atoms with Crippen molar-refractivity contribution in [2.24, 2.45) is 0 Å². The van der Waals surface area contributed by atoms with E-state index in [1.807, 2.05) is 18.2 Å². The van der Waals surface area contributed by atoms with Crippen LogP contribution in [0.25, 0.3) is 0 Å². The van der Waals surface area contributed by atoms with Crippen molar-refractivity contribution in [3.63, 3.8) is 0 Å². The number of benzene rings is 2. The third-order valence-electron chi connectivity index (χ3n) is 4.64. The molecule has 1 N–H and O–H groups in total. The second-order valence-electron chi connectivity index (χ2n) is 6.52. The second-order valence-corrected chi connectivity index (χ2v) is 6.52.